The van der Waals surface area contributed by atoms with Gasteiger partial charge in [-0.25, -0.2) is 0 Å². The van der Waals surface area contributed by atoms with E-state index in [1.54, 1.807) is 0 Å². The lowest BCUT2D eigenvalue weighted by Crippen LogP contribution is -2.27. The van der Waals surface area contributed by atoms with Crippen LogP contribution in [0, 0.1) is 6.92 Å². The molecule has 0 spiro atoms. The highest BCUT2D eigenvalue weighted by molar-refractivity contribution is 5.60. The Morgan fingerprint density at radius 1 is 1.00 bits per heavy atom. The van der Waals surface area contributed by atoms with Gasteiger partial charge in [0, 0.05) is 23.8 Å². The molecule has 1 aliphatic carbocycles. The predicted molar refractivity (Wildman–Crippen MR) is 95.2 cm³/mol. The number of nitrogens with zero attached hydrogens (tertiary/aromatic N) is 1. The highest BCUT2D eigenvalue weighted by Crippen LogP contribution is 2.36. The molecule has 1 unspecified atom stereocenters. The van der Waals surface area contributed by atoms with Gasteiger partial charge in [-0.2, -0.15) is 0 Å². The summed E-state index contributed by atoms with van der Waals surface area (Å²) < 4.78 is 0. The molecule has 22 heavy (non-hydrogen) atoms. The van der Waals surface area contributed by atoms with Gasteiger partial charge in [-0.1, -0.05) is 60.7 Å². The third kappa shape index (κ3) is 2.85. The molecule has 0 amide bonds. The fraction of sp³-hybridized carbons (Fsp3) is 0.238. The fourth-order valence-electron chi connectivity index (χ4n) is 3.25. The Balaban J connectivity index is 2.01. The maximum Gasteiger partial charge on any atom is 0.0438 e. The van der Waals surface area contributed by atoms with Crippen LogP contribution in [-0.4, -0.2) is 6.54 Å². The maximum absolute atomic E-state index is 2.45. The van der Waals surface area contributed by atoms with E-state index in [0.29, 0.717) is 5.92 Å². The van der Waals surface area contributed by atoms with E-state index >= 15 is 0 Å². The number of para-hydroxylation sites is 1. The molecule has 0 saturated heterocycles. The van der Waals surface area contributed by atoms with Gasteiger partial charge in [0.1, 0.15) is 0 Å². The summed E-state index contributed by atoms with van der Waals surface area (Å²) in [6.45, 7) is 5.40. The van der Waals surface area contributed by atoms with Crippen LogP contribution < -0.4 is 4.90 Å². The number of benzene rings is 2. The van der Waals surface area contributed by atoms with Crippen LogP contribution in [0.1, 0.15) is 30.4 Å². The smallest absolute Gasteiger partial charge is 0.0438 e. The van der Waals surface area contributed by atoms with E-state index in [2.05, 4.69) is 91.6 Å². The summed E-state index contributed by atoms with van der Waals surface area (Å²) in [5.74, 6) is 0.436. The Bertz CT molecular complexity index is 682. The lowest BCUT2D eigenvalue weighted by molar-refractivity contribution is 0.740. The standard InChI is InChI=1S/C21H23N/c1-3-22(20-15-9-7-11-17(20)2)21-16-10-8-14-19(21)18-12-5-4-6-13-18/h4-13,15-16,19H,3,14H2,1-2H3. The van der Waals surface area contributed by atoms with Crippen LogP contribution in [-0.2, 0) is 0 Å². The summed E-state index contributed by atoms with van der Waals surface area (Å²) >= 11 is 0. The van der Waals surface area contributed by atoms with Crippen LogP contribution >= 0.6 is 0 Å². The molecule has 0 saturated carbocycles. The van der Waals surface area contributed by atoms with Crippen molar-refractivity contribution in [2.45, 2.75) is 26.2 Å². The summed E-state index contributed by atoms with van der Waals surface area (Å²) in [6.07, 6.45) is 7.80. The van der Waals surface area contributed by atoms with Crippen LogP contribution in [0.15, 0.2) is 78.5 Å². The van der Waals surface area contributed by atoms with E-state index in [1.165, 1.54) is 22.5 Å². The first-order valence-corrected chi connectivity index (χ1v) is 8.06. The maximum atomic E-state index is 2.45. The van der Waals surface area contributed by atoms with Gasteiger partial charge in [-0.05, 0) is 43.5 Å². The highest BCUT2D eigenvalue weighted by atomic mass is 15.1. The quantitative estimate of drug-likeness (QED) is 0.723. The zero-order valence-corrected chi connectivity index (χ0v) is 13.4. The first-order chi connectivity index (χ1) is 10.8. The van der Waals surface area contributed by atoms with Crippen molar-refractivity contribution in [3.05, 3.63) is 89.6 Å². The Morgan fingerprint density at radius 3 is 2.45 bits per heavy atom. The number of likely N-dealkylation sites (N-methyl/N-ethyl adjacent to an activating group) is 1. The van der Waals surface area contributed by atoms with Crippen molar-refractivity contribution in [3.63, 3.8) is 0 Å². The van der Waals surface area contributed by atoms with Gasteiger partial charge in [0.15, 0.2) is 0 Å². The summed E-state index contributed by atoms with van der Waals surface area (Å²) in [5.41, 5.74) is 5.43. The van der Waals surface area contributed by atoms with Crippen LogP contribution in [0.25, 0.3) is 0 Å². The fourth-order valence-corrected chi connectivity index (χ4v) is 3.25. The van der Waals surface area contributed by atoms with Gasteiger partial charge >= 0.3 is 0 Å². The van der Waals surface area contributed by atoms with Gasteiger partial charge < -0.3 is 4.90 Å². The molecule has 0 bridgehead atoms. The van der Waals surface area contributed by atoms with E-state index < -0.39 is 0 Å². The molecule has 0 heterocycles. The molecule has 2 aromatic carbocycles. The topological polar surface area (TPSA) is 3.24 Å². The third-order valence-electron chi connectivity index (χ3n) is 4.37. The number of anilines is 1. The minimum atomic E-state index is 0.436. The summed E-state index contributed by atoms with van der Waals surface area (Å²) in [4.78, 5) is 2.45. The highest BCUT2D eigenvalue weighted by Gasteiger charge is 2.23. The largest absolute Gasteiger partial charge is 0.345 e. The molecule has 0 aromatic heterocycles. The number of aryl methyl sites for hydroxylation is 1. The molecule has 1 heteroatoms. The molecule has 2 aromatic rings. The molecular formula is C21H23N. The van der Waals surface area contributed by atoms with E-state index in [0.717, 1.165) is 13.0 Å². The lowest BCUT2D eigenvalue weighted by atomic mass is 9.88. The van der Waals surface area contributed by atoms with Gasteiger partial charge in [0.2, 0.25) is 0 Å². The van der Waals surface area contributed by atoms with Crippen molar-refractivity contribution in [1.29, 1.82) is 0 Å². The van der Waals surface area contributed by atoms with Crippen LogP contribution in [0.2, 0.25) is 0 Å². The minimum absolute atomic E-state index is 0.436. The molecular weight excluding hydrogens is 266 g/mol. The van der Waals surface area contributed by atoms with Crippen LogP contribution in [0.3, 0.4) is 0 Å². The van der Waals surface area contributed by atoms with Crippen LogP contribution in [0.5, 0.6) is 0 Å². The van der Waals surface area contributed by atoms with Gasteiger partial charge in [-0.15, -0.1) is 0 Å². The SMILES string of the molecule is CCN(C1=CC=CCC1c1ccccc1)c1ccccc1C. The van der Waals surface area contributed by atoms with Crippen molar-refractivity contribution in [1.82, 2.24) is 0 Å². The number of allylic oxidation sites excluding steroid dienone is 4. The number of hydrogen-bond acceptors (Lipinski definition) is 1. The van der Waals surface area contributed by atoms with E-state index in [9.17, 15) is 0 Å². The first kappa shape index (κ1) is 14.6. The predicted octanol–water partition coefficient (Wildman–Crippen LogP) is 5.45. The van der Waals surface area contributed by atoms with Crippen molar-refractivity contribution < 1.29 is 0 Å². The van der Waals surface area contributed by atoms with Gasteiger partial charge in [0.05, 0.1) is 0 Å². The zero-order valence-electron chi connectivity index (χ0n) is 13.4. The Hall–Kier alpha value is -2.28. The molecule has 3 rings (SSSR count). The molecule has 0 radical (unpaired) electrons. The van der Waals surface area contributed by atoms with E-state index in [-0.39, 0.29) is 0 Å². The second-order valence-electron chi connectivity index (χ2n) is 5.75. The summed E-state index contributed by atoms with van der Waals surface area (Å²) in [5, 5.41) is 0. The second kappa shape index (κ2) is 6.65. The number of rotatable bonds is 4. The molecule has 1 aliphatic rings. The Morgan fingerprint density at radius 2 is 1.73 bits per heavy atom. The average molecular weight is 289 g/mol. The van der Waals surface area contributed by atoms with Gasteiger partial charge in [-0.3, -0.25) is 0 Å². The number of hydrogen-bond donors (Lipinski definition) is 0. The van der Waals surface area contributed by atoms with Crippen LogP contribution in [0.4, 0.5) is 5.69 Å². The molecule has 0 fully saturated rings. The average Bonchev–Trinajstić information content (AvgIpc) is 2.58. The lowest BCUT2D eigenvalue weighted by Gasteiger charge is -2.34. The van der Waals surface area contributed by atoms with Crippen molar-refractivity contribution in [2.24, 2.45) is 0 Å². The molecule has 0 N–H and O–H groups in total. The Kier molecular flexibility index (Phi) is 4.43. The van der Waals surface area contributed by atoms with E-state index in [1.807, 2.05) is 0 Å². The van der Waals surface area contributed by atoms with Crippen molar-refractivity contribution in [3.8, 4) is 0 Å². The molecule has 1 nitrogen and oxygen atoms in total. The Labute approximate surface area is 133 Å². The molecule has 1 atom stereocenters. The summed E-state index contributed by atoms with van der Waals surface area (Å²) in [6, 6.07) is 19.5. The van der Waals surface area contributed by atoms with Crippen molar-refractivity contribution in [2.75, 3.05) is 11.4 Å². The first-order valence-electron chi connectivity index (χ1n) is 8.06. The summed E-state index contributed by atoms with van der Waals surface area (Å²) in [7, 11) is 0. The molecule has 0 aliphatic heterocycles. The van der Waals surface area contributed by atoms with E-state index in [4.69, 9.17) is 0 Å². The second-order valence-corrected chi connectivity index (χ2v) is 5.75. The molecule has 112 valence electrons. The normalized spacial score (nSPS) is 17.2. The zero-order chi connectivity index (χ0) is 15.4. The van der Waals surface area contributed by atoms with Crippen molar-refractivity contribution >= 4 is 5.69 Å². The minimum Gasteiger partial charge on any atom is -0.345 e. The van der Waals surface area contributed by atoms with Gasteiger partial charge in [0.25, 0.3) is 0 Å². The third-order valence-corrected chi connectivity index (χ3v) is 4.37. The monoisotopic (exact) mass is 289 g/mol.